The highest BCUT2D eigenvalue weighted by Crippen LogP contribution is 2.21. The zero-order valence-corrected chi connectivity index (χ0v) is 10.4. The number of nitrogens with zero attached hydrogens (tertiary/aromatic N) is 3. The molecule has 5 nitrogen and oxygen atoms in total. The Morgan fingerprint density at radius 1 is 1.37 bits per heavy atom. The number of nitriles is 1. The minimum atomic E-state index is -0.377. The number of nitrogen functional groups attached to an aromatic ring is 1. The highest BCUT2D eigenvalue weighted by Gasteiger charge is 2.20. The van der Waals surface area contributed by atoms with Gasteiger partial charge in [0, 0.05) is 17.6 Å². The summed E-state index contributed by atoms with van der Waals surface area (Å²) in [4.78, 5) is 6.69. The first-order valence-electron chi connectivity index (χ1n) is 6.19. The zero-order valence-electron chi connectivity index (χ0n) is 10.4. The van der Waals surface area contributed by atoms with Crippen LogP contribution in [0.4, 0.5) is 11.5 Å². The number of nitrogens with two attached hydrogens (primary N) is 1. The van der Waals surface area contributed by atoms with E-state index in [4.69, 9.17) is 15.7 Å². The van der Waals surface area contributed by atoms with E-state index in [1.807, 2.05) is 30.3 Å². The Balaban J connectivity index is 1.93. The van der Waals surface area contributed by atoms with Crippen LogP contribution in [-0.2, 0) is 4.74 Å². The van der Waals surface area contributed by atoms with Crippen molar-refractivity contribution in [2.24, 2.45) is 0 Å². The first-order valence-corrected chi connectivity index (χ1v) is 6.19. The molecule has 2 aromatic rings. The fraction of sp³-hybridized carbons (Fsp3) is 0.286. The summed E-state index contributed by atoms with van der Waals surface area (Å²) >= 11 is 0. The van der Waals surface area contributed by atoms with Crippen LogP contribution >= 0.6 is 0 Å². The Kier molecular flexibility index (Phi) is 2.94. The lowest BCUT2D eigenvalue weighted by Crippen LogP contribution is -2.42. The van der Waals surface area contributed by atoms with Crippen LogP contribution in [0.3, 0.4) is 0 Å². The van der Waals surface area contributed by atoms with E-state index in [2.05, 4.69) is 16.0 Å². The Morgan fingerprint density at radius 2 is 2.26 bits per heavy atom. The number of fused-ring (bicyclic) bond motifs is 1. The summed E-state index contributed by atoms with van der Waals surface area (Å²) in [6.45, 7) is 1.87. The second kappa shape index (κ2) is 4.75. The van der Waals surface area contributed by atoms with Crippen molar-refractivity contribution in [2.75, 3.05) is 30.3 Å². The van der Waals surface area contributed by atoms with E-state index >= 15 is 0 Å². The molecule has 1 atom stereocenters. The molecule has 5 heteroatoms. The molecule has 0 spiro atoms. The highest BCUT2D eigenvalue weighted by atomic mass is 16.5. The normalized spacial score (nSPS) is 19.3. The quantitative estimate of drug-likeness (QED) is 0.781. The Hall–Kier alpha value is -2.32. The lowest BCUT2D eigenvalue weighted by molar-refractivity contribution is 0.0762. The summed E-state index contributed by atoms with van der Waals surface area (Å²) in [7, 11) is 0. The summed E-state index contributed by atoms with van der Waals surface area (Å²) in [5.41, 5.74) is 7.39. The number of ether oxygens (including phenoxy) is 1. The summed E-state index contributed by atoms with van der Waals surface area (Å²) in [6.07, 6.45) is -0.377. The van der Waals surface area contributed by atoms with Gasteiger partial charge in [0.2, 0.25) is 0 Å². The average molecular weight is 254 g/mol. The number of aromatic nitrogens is 1. The van der Waals surface area contributed by atoms with E-state index in [1.165, 1.54) is 0 Å². The van der Waals surface area contributed by atoms with Crippen molar-refractivity contribution in [1.29, 1.82) is 5.26 Å². The number of benzene rings is 1. The second-order valence-electron chi connectivity index (χ2n) is 4.56. The molecule has 3 rings (SSSR count). The molecule has 96 valence electrons. The van der Waals surface area contributed by atoms with Crippen molar-refractivity contribution in [2.45, 2.75) is 6.10 Å². The molecule has 0 saturated carbocycles. The number of morpholine rings is 1. The van der Waals surface area contributed by atoms with Crippen LogP contribution in [0.2, 0.25) is 0 Å². The first kappa shape index (κ1) is 11.8. The van der Waals surface area contributed by atoms with Crippen LogP contribution in [-0.4, -0.2) is 30.8 Å². The minimum Gasteiger partial charge on any atom is -0.399 e. The topological polar surface area (TPSA) is 75.2 Å². The second-order valence-corrected chi connectivity index (χ2v) is 4.56. The third-order valence-electron chi connectivity index (χ3n) is 3.23. The fourth-order valence-corrected chi connectivity index (χ4v) is 2.24. The Labute approximate surface area is 111 Å². The molecule has 1 aromatic carbocycles. The van der Waals surface area contributed by atoms with Crippen LogP contribution in [0.1, 0.15) is 0 Å². The van der Waals surface area contributed by atoms with Gasteiger partial charge in [0.15, 0.2) is 6.10 Å². The molecule has 1 aliphatic rings. The smallest absolute Gasteiger partial charge is 0.161 e. The van der Waals surface area contributed by atoms with Crippen molar-refractivity contribution in [3.63, 3.8) is 0 Å². The van der Waals surface area contributed by atoms with Crippen molar-refractivity contribution < 1.29 is 4.74 Å². The van der Waals surface area contributed by atoms with E-state index in [-0.39, 0.29) is 6.10 Å². The Bertz CT molecular complexity index is 649. The molecular formula is C14H14N4O. The molecule has 0 bridgehead atoms. The number of pyridine rings is 1. The lowest BCUT2D eigenvalue weighted by atomic mass is 10.2. The summed E-state index contributed by atoms with van der Waals surface area (Å²) in [5, 5.41) is 9.94. The van der Waals surface area contributed by atoms with Crippen molar-refractivity contribution in [3.05, 3.63) is 30.3 Å². The van der Waals surface area contributed by atoms with Gasteiger partial charge >= 0.3 is 0 Å². The maximum atomic E-state index is 8.92. The Morgan fingerprint density at radius 3 is 3.11 bits per heavy atom. The summed E-state index contributed by atoms with van der Waals surface area (Å²) in [5.74, 6) is 0.876. The van der Waals surface area contributed by atoms with Crippen molar-refractivity contribution in [3.8, 4) is 6.07 Å². The molecular weight excluding hydrogens is 240 g/mol. The third-order valence-corrected chi connectivity index (χ3v) is 3.23. The first-order chi connectivity index (χ1) is 9.26. The number of hydrogen-bond donors (Lipinski definition) is 1. The molecule has 19 heavy (non-hydrogen) atoms. The van der Waals surface area contributed by atoms with Gasteiger partial charge in [0.1, 0.15) is 5.82 Å². The molecule has 0 amide bonds. The maximum Gasteiger partial charge on any atom is 0.161 e. The molecule has 0 radical (unpaired) electrons. The standard InChI is InChI=1S/C14H14N4O/c15-8-12-9-18(5-6-19-12)14-4-1-10-7-11(16)2-3-13(10)17-14/h1-4,7,12H,5-6,9,16H2. The van der Waals surface area contributed by atoms with Crippen LogP contribution in [0.5, 0.6) is 0 Å². The van der Waals surface area contributed by atoms with Gasteiger partial charge in [-0.3, -0.25) is 0 Å². The van der Waals surface area contributed by atoms with Gasteiger partial charge < -0.3 is 15.4 Å². The number of anilines is 2. The molecule has 2 N–H and O–H groups in total. The van der Waals surface area contributed by atoms with Crippen LogP contribution in [0.15, 0.2) is 30.3 Å². The molecule has 1 aliphatic heterocycles. The van der Waals surface area contributed by atoms with Gasteiger partial charge in [-0.1, -0.05) is 0 Å². The third kappa shape index (κ3) is 2.30. The predicted molar refractivity (Wildman–Crippen MR) is 73.7 cm³/mol. The lowest BCUT2D eigenvalue weighted by Gasteiger charge is -2.30. The molecule has 0 aliphatic carbocycles. The van der Waals surface area contributed by atoms with Crippen molar-refractivity contribution in [1.82, 2.24) is 4.98 Å². The molecule has 2 heterocycles. The van der Waals surface area contributed by atoms with Crippen molar-refractivity contribution >= 4 is 22.4 Å². The largest absolute Gasteiger partial charge is 0.399 e. The minimum absolute atomic E-state index is 0.377. The molecule has 1 unspecified atom stereocenters. The molecule has 1 saturated heterocycles. The van der Waals surface area contributed by atoms with Gasteiger partial charge in [-0.2, -0.15) is 5.26 Å². The predicted octanol–water partition coefficient (Wildman–Crippen LogP) is 1.55. The van der Waals surface area contributed by atoms with Crippen LogP contribution in [0, 0.1) is 11.3 Å². The SMILES string of the molecule is N#CC1CN(c2ccc3cc(N)ccc3n2)CCO1. The number of hydrogen-bond acceptors (Lipinski definition) is 5. The van der Waals surface area contributed by atoms with E-state index in [9.17, 15) is 0 Å². The molecule has 1 fully saturated rings. The van der Waals surface area contributed by atoms with Crippen LogP contribution < -0.4 is 10.6 Å². The van der Waals surface area contributed by atoms with E-state index < -0.39 is 0 Å². The molecule has 1 aromatic heterocycles. The summed E-state index contributed by atoms with van der Waals surface area (Å²) < 4.78 is 5.33. The van der Waals surface area contributed by atoms with Gasteiger partial charge in [0.25, 0.3) is 0 Å². The highest BCUT2D eigenvalue weighted by molar-refractivity contribution is 5.83. The van der Waals surface area contributed by atoms with Gasteiger partial charge in [-0.05, 0) is 30.3 Å². The summed E-state index contributed by atoms with van der Waals surface area (Å²) in [6, 6.07) is 11.8. The average Bonchev–Trinajstić information content (AvgIpc) is 2.46. The van der Waals surface area contributed by atoms with E-state index in [0.29, 0.717) is 13.2 Å². The maximum absolute atomic E-state index is 8.92. The zero-order chi connectivity index (χ0) is 13.2. The van der Waals surface area contributed by atoms with Gasteiger partial charge in [0.05, 0.1) is 24.7 Å². The van der Waals surface area contributed by atoms with Gasteiger partial charge in [-0.15, -0.1) is 0 Å². The van der Waals surface area contributed by atoms with E-state index in [1.54, 1.807) is 0 Å². The van der Waals surface area contributed by atoms with Gasteiger partial charge in [-0.25, -0.2) is 4.98 Å². The van der Waals surface area contributed by atoms with E-state index in [0.717, 1.165) is 29.0 Å². The monoisotopic (exact) mass is 254 g/mol. The number of rotatable bonds is 1. The van der Waals surface area contributed by atoms with Crippen LogP contribution in [0.25, 0.3) is 10.9 Å². The fourth-order valence-electron chi connectivity index (χ4n) is 2.24.